The Kier molecular flexibility index (Phi) is 6.85. The summed E-state index contributed by atoms with van der Waals surface area (Å²) in [6.07, 6.45) is 13.1. The Labute approximate surface area is 124 Å². The zero-order valence-corrected chi connectivity index (χ0v) is 13.1. The van der Waals surface area contributed by atoms with Crippen molar-refractivity contribution in [3.05, 3.63) is 0 Å². The van der Waals surface area contributed by atoms with E-state index in [0.29, 0.717) is 6.42 Å². The first kappa shape index (κ1) is 15.8. The maximum absolute atomic E-state index is 11.9. The summed E-state index contributed by atoms with van der Waals surface area (Å²) >= 11 is 0. The molecule has 3 aliphatic rings. The fraction of sp³-hybridized carbons (Fsp3) is 0.941. The van der Waals surface area contributed by atoms with Crippen molar-refractivity contribution < 1.29 is 9.53 Å². The topological polar surface area (TPSA) is 29.5 Å². The lowest BCUT2D eigenvalue weighted by Crippen LogP contribution is -2.50. The Morgan fingerprint density at radius 3 is 2.30 bits per heavy atom. The average Bonchev–Trinajstić information content (AvgIpc) is 2.47. The van der Waals surface area contributed by atoms with Gasteiger partial charge < -0.3 is 4.74 Å². The Morgan fingerprint density at radius 1 is 1.05 bits per heavy atom. The Balaban J connectivity index is 1.50. The molecule has 2 bridgehead atoms. The molecule has 0 aromatic rings. The second-order valence-electron chi connectivity index (χ2n) is 6.53. The lowest BCUT2D eigenvalue weighted by atomic mass is 9.87. The molecule has 1 unspecified atom stereocenters. The number of ether oxygens (including phenoxy) is 1. The van der Waals surface area contributed by atoms with Gasteiger partial charge in [-0.05, 0) is 25.2 Å². The smallest absolute Gasteiger partial charge is 0.307 e. The third-order valence-corrected chi connectivity index (χ3v) is 4.84. The molecule has 0 radical (unpaired) electrons. The van der Waals surface area contributed by atoms with Gasteiger partial charge in [-0.15, -0.1) is 0 Å². The molecule has 3 aliphatic heterocycles. The molecule has 3 saturated heterocycles. The summed E-state index contributed by atoms with van der Waals surface area (Å²) in [5.74, 6) is 0.826. The van der Waals surface area contributed by atoms with Crippen LogP contribution in [0.4, 0.5) is 0 Å². The highest BCUT2D eigenvalue weighted by atomic mass is 16.6. The van der Waals surface area contributed by atoms with Gasteiger partial charge in [-0.25, -0.2) is 0 Å². The highest BCUT2D eigenvalue weighted by Crippen LogP contribution is 2.32. The molecule has 116 valence electrons. The largest absolute Gasteiger partial charge is 0.446 e. The molecule has 0 aromatic carbocycles. The zero-order chi connectivity index (χ0) is 14.2. The summed E-state index contributed by atoms with van der Waals surface area (Å²) in [5.41, 5.74) is 0. The van der Waals surface area contributed by atoms with Crippen LogP contribution in [0.25, 0.3) is 0 Å². The third-order valence-electron chi connectivity index (χ3n) is 4.84. The zero-order valence-electron chi connectivity index (χ0n) is 13.1. The number of rotatable bonds is 9. The quantitative estimate of drug-likeness (QED) is 0.470. The van der Waals surface area contributed by atoms with Gasteiger partial charge in [0.05, 0.1) is 0 Å². The van der Waals surface area contributed by atoms with Crippen LogP contribution < -0.4 is 0 Å². The molecule has 1 atom stereocenters. The average molecular weight is 281 g/mol. The van der Waals surface area contributed by atoms with Crippen LogP contribution in [0.3, 0.4) is 0 Å². The Hall–Kier alpha value is -0.570. The fourth-order valence-electron chi connectivity index (χ4n) is 3.47. The first-order chi connectivity index (χ1) is 9.79. The van der Waals surface area contributed by atoms with Crippen LogP contribution in [0.15, 0.2) is 0 Å². The van der Waals surface area contributed by atoms with Gasteiger partial charge >= 0.3 is 5.97 Å². The highest BCUT2D eigenvalue weighted by molar-refractivity contribution is 5.69. The summed E-state index contributed by atoms with van der Waals surface area (Å²) in [5, 5.41) is 0. The summed E-state index contributed by atoms with van der Waals surface area (Å²) in [7, 11) is 0. The fourth-order valence-corrected chi connectivity index (χ4v) is 3.47. The predicted molar refractivity (Wildman–Crippen MR) is 81.4 cm³/mol. The number of unbranched alkanes of at least 4 members (excludes halogenated alkanes) is 6. The number of hydrogen-bond donors (Lipinski definition) is 0. The second kappa shape index (κ2) is 8.66. The molecule has 3 heterocycles. The molecule has 20 heavy (non-hydrogen) atoms. The predicted octanol–water partition coefficient (Wildman–Crippen LogP) is 4.11. The molecule has 0 amide bonds. The van der Waals surface area contributed by atoms with E-state index in [1.165, 1.54) is 51.4 Å². The molecule has 0 aliphatic carbocycles. The minimum absolute atomic E-state index is 0.0242. The number of carbonyl (C=O) groups excluding carboxylic acids is 1. The van der Waals surface area contributed by atoms with Gasteiger partial charge in [0.1, 0.15) is 0 Å². The summed E-state index contributed by atoms with van der Waals surface area (Å²) in [6.45, 7) is 4.49. The molecular weight excluding hydrogens is 250 g/mol. The maximum atomic E-state index is 11.9. The minimum atomic E-state index is 0.0242. The van der Waals surface area contributed by atoms with E-state index in [1.54, 1.807) is 0 Å². The monoisotopic (exact) mass is 281 g/mol. The van der Waals surface area contributed by atoms with E-state index in [4.69, 9.17) is 4.74 Å². The van der Waals surface area contributed by atoms with Crippen LogP contribution in [0.5, 0.6) is 0 Å². The Bertz CT molecular complexity index is 285. The molecule has 0 spiro atoms. The molecular formula is C17H31NO2. The van der Waals surface area contributed by atoms with Crippen LogP contribution >= 0.6 is 0 Å². The molecule has 3 heteroatoms. The number of nitrogens with zero attached hydrogens (tertiary/aromatic N) is 1. The van der Waals surface area contributed by atoms with Gasteiger partial charge in [-0.2, -0.15) is 0 Å². The van der Waals surface area contributed by atoms with Crippen molar-refractivity contribution in [2.75, 3.05) is 13.1 Å². The highest BCUT2D eigenvalue weighted by Gasteiger charge is 2.35. The number of fused-ring (bicyclic) bond motifs is 3. The van der Waals surface area contributed by atoms with Gasteiger partial charge in [-0.1, -0.05) is 45.4 Å². The van der Waals surface area contributed by atoms with Gasteiger partial charge in [0.2, 0.25) is 0 Å². The molecule has 0 saturated carbocycles. The van der Waals surface area contributed by atoms with E-state index < -0.39 is 0 Å². The van der Waals surface area contributed by atoms with E-state index >= 15 is 0 Å². The molecule has 0 aromatic heterocycles. The lowest BCUT2D eigenvalue weighted by Gasteiger charge is -2.44. The Morgan fingerprint density at radius 2 is 1.70 bits per heavy atom. The van der Waals surface area contributed by atoms with Crippen LogP contribution in [0.1, 0.15) is 77.6 Å². The van der Waals surface area contributed by atoms with Gasteiger partial charge in [0.15, 0.2) is 6.23 Å². The summed E-state index contributed by atoms with van der Waals surface area (Å²) in [4.78, 5) is 14.2. The molecule has 3 fully saturated rings. The van der Waals surface area contributed by atoms with Crippen molar-refractivity contribution in [2.45, 2.75) is 83.8 Å². The van der Waals surface area contributed by atoms with Crippen molar-refractivity contribution in [2.24, 2.45) is 5.92 Å². The van der Waals surface area contributed by atoms with Crippen molar-refractivity contribution in [3.8, 4) is 0 Å². The van der Waals surface area contributed by atoms with E-state index in [0.717, 1.165) is 31.8 Å². The number of esters is 1. The van der Waals surface area contributed by atoms with Crippen molar-refractivity contribution in [1.82, 2.24) is 4.90 Å². The van der Waals surface area contributed by atoms with E-state index in [-0.39, 0.29) is 12.2 Å². The van der Waals surface area contributed by atoms with E-state index in [1.807, 2.05) is 0 Å². The molecule has 3 nitrogen and oxygen atoms in total. The van der Waals surface area contributed by atoms with E-state index in [9.17, 15) is 4.79 Å². The van der Waals surface area contributed by atoms with Gasteiger partial charge in [0, 0.05) is 25.9 Å². The van der Waals surface area contributed by atoms with E-state index in [2.05, 4.69) is 11.8 Å². The molecule has 0 N–H and O–H groups in total. The van der Waals surface area contributed by atoms with Gasteiger partial charge in [-0.3, -0.25) is 9.69 Å². The first-order valence-corrected chi connectivity index (χ1v) is 8.73. The number of piperidine rings is 3. The van der Waals surface area contributed by atoms with Crippen LogP contribution in [0.2, 0.25) is 0 Å². The third kappa shape index (κ3) is 5.08. The van der Waals surface area contributed by atoms with Crippen molar-refractivity contribution in [3.63, 3.8) is 0 Å². The first-order valence-electron chi connectivity index (χ1n) is 8.73. The SMILES string of the molecule is CCCCCCCCCC(=O)OC1CC2CCN1CC2. The summed E-state index contributed by atoms with van der Waals surface area (Å²) < 4.78 is 5.66. The minimum Gasteiger partial charge on any atom is -0.446 e. The second-order valence-corrected chi connectivity index (χ2v) is 6.53. The van der Waals surface area contributed by atoms with Crippen LogP contribution in [0, 0.1) is 5.92 Å². The summed E-state index contributed by atoms with van der Waals surface area (Å²) in [6, 6.07) is 0. The standard InChI is InChI=1S/C17H31NO2/c1-2-3-4-5-6-7-8-9-17(19)20-16-14-15-10-12-18(16)13-11-15/h15-16H,2-14H2,1H3. The normalized spacial score (nSPS) is 28.6. The van der Waals surface area contributed by atoms with Gasteiger partial charge in [0.25, 0.3) is 0 Å². The van der Waals surface area contributed by atoms with Crippen LogP contribution in [-0.2, 0) is 9.53 Å². The number of hydrogen-bond acceptors (Lipinski definition) is 3. The van der Waals surface area contributed by atoms with Crippen LogP contribution in [-0.4, -0.2) is 30.2 Å². The van der Waals surface area contributed by atoms with Crippen molar-refractivity contribution >= 4 is 5.97 Å². The lowest BCUT2D eigenvalue weighted by molar-refractivity contribution is -0.170. The maximum Gasteiger partial charge on any atom is 0.307 e. The number of carbonyl (C=O) groups is 1. The van der Waals surface area contributed by atoms with Crippen molar-refractivity contribution in [1.29, 1.82) is 0 Å². The molecule has 3 rings (SSSR count).